The number of hydrogen-bond acceptors (Lipinski definition) is 3. The molecule has 0 saturated heterocycles. The van der Waals surface area contributed by atoms with Crippen LogP contribution < -0.4 is 16.0 Å². The first-order valence-electron chi connectivity index (χ1n) is 5.41. The van der Waals surface area contributed by atoms with E-state index in [1.54, 1.807) is 24.3 Å². The minimum Gasteiger partial charge on any atom is -0.455 e. The average Bonchev–Trinajstić information content (AvgIpc) is 2.39. The van der Waals surface area contributed by atoms with Crippen molar-refractivity contribution >= 4 is 5.69 Å². The van der Waals surface area contributed by atoms with Crippen LogP contribution in [0.5, 0.6) is 11.5 Å². The zero-order chi connectivity index (χ0) is 13.9. The van der Waals surface area contributed by atoms with Crippen molar-refractivity contribution in [2.75, 3.05) is 5.43 Å². The second-order valence-electron chi connectivity index (χ2n) is 3.77. The second-order valence-corrected chi connectivity index (χ2v) is 3.77. The lowest BCUT2D eigenvalue weighted by Gasteiger charge is -2.12. The molecular weight excluding hydrogens is 257 g/mol. The lowest BCUT2D eigenvalue weighted by Crippen LogP contribution is -2.08. The molecule has 2 rings (SSSR count). The maximum absolute atomic E-state index is 12.6. The van der Waals surface area contributed by atoms with Gasteiger partial charge in [0.2, 0.25) is 0 Å². The minimum atomic E-state index is -4.40. The molecule has 2 aromatic rings. The van der Waals surface area contributed by atoms with Crippen molar-refractivity contribution in [2.45, 2.75) is 6.18 Å². The van der Waals surface area contributed by atoms with Gasteiger partial charge in [0.15, 0.2) is 5.75 Å². The molecule has 0 unspecified atom stereocenters. The SMILES string of the molecule is NNc1ccccc1Oc1cccc(C(F)(F)F)c1. The van der Waals surface area contributed by atoms with Crippen molar-refractivity contribution in [2.24, 2.45) is 5.84 Å². The molecule has 6 heteroatoms. The highest BCUT2D eigenvalue weighted by molar-refractivity contribution is 5.56. The Labute approximate surface area is 107 Å². The van der Waals surface area contributed by atoms with Crippen LogP contribution in [0.4, 0.5) is 18.9 Å². The number of ether oxygens (including phenoxy) is 1. The molecule has 0 amide bonds. The number of rotatable bonds is 3. The lowest BCUT2D eigenvalue weighted by atomic mass is 10.2. The van der Waals surface area contributed by atoms with Gasteiger partial charge in [-0.25, -0.2) is 0 Å². The number of halogens is 3. The Morgan fingerprint density at radius 1 is 1.00 bits per heavy atom. The molecule has 3 N–H and O–H groups in total. The minimum absolute atomic E-state index is 0.0949. The van der Waals surface area contributed by atoms with Gasteiger partial charge in [-0.05, 0) is 30.3 Å². The molecule has 0 bridgehead atoms. The van der Waals surface area contributed by atoms with Gasteiger partial charge in [0.1, 0.15) is 5.75 Å². The van der Waals surface area contributed by atoms with Crippen LogP contribution >= 0.6 is 0 Å². The summed E-state index contributed by atoms with van der Waals surface area (Å²) in [7, 11) is 0. The molecule has 100 valence electrons. The normalized spacial score (nSPS) is 11.2. The molecule has 0 aromatic heterocycles. The van der Waals surface area contributed by atoms with Crippen molar-refractivity contribution < 1.29 is 17.9 Å². The van der Waals surface area contributed by atoms with Crippen molar-refractivity contribution in [3.8, 4) is 11.5 Å². The third kappa shape index (κ3) is 3.17. The van der Waals surface area contributed by atoms with Crippen LogP contribution in [0.15, 0.2) is 48.5 Å². The number of hydrazine groups is 1. The number of alkyl halides is 3. The van der Waals surface area contributed by atoms with E-state index in [9.17, 15) is 13.2 Å². The van der Waals surface area contributed by atoms with Crippen LogP contribution in [0.3, 0.4) is 0 Å². The Morgan fingerprint density at radius 2 is 1.74 bits per heavy atom. The van der Waals surface area contributed by atoms with E-state index in [1.165, 1.54) is 12.1 Å². The van der Waals surface area contributed by atoms with Gasteiger partial charge in [0, 0.05) is 0 Å². The number of para-hydroxylation sites is 2. The highest BCUT2D eigenvalue weighted by atomic mass is 19.4. The van der Waals surface area contributed by atoms with Gasteiger partial charge >= 0.3 is 6.18 Å². The van der Waals surface area contributed by atoms with Crippen LogP contribution in [0.2, 0.25) is 0 Å². The van der Waals surface area contributed by atoms with Crippen molar-refractivity contribution in [3.63, 3.8) is 0 Å². The third-order valence-corrected chi connectivity index (χ3v) is 2.43. The third-order valence-electron chi connectivity index (χ3n) is 2.43. The Kier molecular flexibility index (Phi) is 3.62. The van der Waals surface area contributed by atoms with Gasteiger partial charge in [-0.15, -0.1) is 0 Å². The summed E-state index contributed by atoms with van der Waals surface area (Å²) < 4.78 is 43.1. The van der Waals surface area contributed by atoms with Crippen LogP contribution in [0.25, 0.3) is 0 Å². The largest absolute Gasteiger partial charge is 0.455 e. The summed E-state index contributed by atoms with van der Waals surface area (Å²) >= 11 is 0. The fraction of sp³-hybridized carbons (Fsp3) is 0.0769. The van der Waals surface area contributed by atoms with Gasteiger partial charge in [0.05, 0.1) is 11.3 Å². The van der Waals surface area contributed by atoms with Crippen LogP contribution in [-0.4, -0.2) is 0 Å². The second kappa shape index (κ2) is 5.19. The quantitative estimate of drug-likeness (QED) is 0.657. The van der Waals surface area contributed by atoms with Crippen molar-refractivity contribution in [3.05, 3.63) is 54.1 Å². The van der Waals surface area contributed by atoms with Crippen molar-refractivity contribution in [1.82, 2.24) is 0 Å². The molecule has 0 heterocycles. The molecule has 19 heavy (non-hydrogen) atoms. The molecule has 0 fully saturated rings. The van der Waals surface area contributed by atoms with Gasteiger partial charge in [-0.3, -0.25) is 5.84 Å². The molecule has 3 nitrogen and oxygen atoms in total. The summed E-state index contributed by atoms with van der Waals surface area (Å²) in [5.41, 5.74) is 2.14. The zero-order valence-corrected chi connectivity index (χ0v) is 9.74. The highest BCUT2D eigenvalue weighted by Crippen LogP contribution is 2.34. The summed E-state index contributed by atoms with van der Waals surface area (Å²) in [6.45, 7) is 0. The number of nitrogen functional groups attached to an aromatic ring is 1. The monoisotopic (exact) mass is 268 g/mol. The fourth-order valence-electron chi connectivity index (χ4n) is 1.54. The first-order valence-corrected chi connectivity index (χ1v) is 5.41. The van der Waals surface area contributed by atoms with E-state index in [0.29, 0.717) is 11.4 Å². The molecule has 0 saturated carbocycles. The van der Waals surface area contributed by atoms with E-state index in [0.717, 1.165) is 12.1 Å². The number of nitrogens with two attached hydrogens (primary N) is 1. The maximum Gasteiger partial charge on any atom is 0.416 e. The molecular formula is C13H11F3N2O. The Hall–Kier alpha value is -2.21. The molecule has 0 spiro atoms. The maximum atomic E-state index is 12.6. The Balaban J connectivity index is 2.29. The van der Waals surface area contributed by atoms with E-state index < -0.39 is 11.7 Å². The first-order chi connectivity index (χ1) is 9.00. The van der Waals surface area contributed by atoms with E-state index in [2.05, 4.69) is 5.43 Å². The standard InChI is InChI=1S/C13H11F3N2O/c14-13(15,16)9-4-3-5-10(8-9)19-12-7-2-1-6-11(12)18-17/h1-8,18H,17H2. The molecule has 0 aliphatic carbocycles. The summed E-state index contributed by atoms with van der Waals surface area (Å²) in [5, 5.41) is 0. The predicted molar refractivity (Wildman–Crippen MR) is 65.8 cm³/mol. The first kappa shape index (κ1) is 13.2. The number of hydrogen-bond donors (Lipinski definition) is 2. The molecule has 0 aliphatic heterocycles. The molecule has 2 aromatic carbocycles. The number of nitrogens with one attached hydrogen (secondary N) is 1. The van der Waals surface area contributed by atoms with Crippen LogP contribution in [-0.2, 0) is 6.18 Å². The molecule has 0 aliphatic rings. The summed E-state index contributed by atoms with van der Waals surface area (Å²) in [6, 6.07) is 11.3. The topological polar surface area (TPSA) is 47.3 Å². The average molecular weight is 268 g/mol. The van der Waals surface area contributed by atoms with Gasteiger partial charge in [-0.1, -0.05) is 18.2 Å². The summed E-state index contributed by atoms with van der Waals surface area (Å²) in [4.78, 5) is 0. The van der Waals surface area contributed by atoms with E-state index in [-0.39, 0.29) is 5.75 Å². The predicted octanol–water partition coefficient (Wildman–Crippen LogP) is 3.78. The van der Waals surface area contributed by atoms with Gasteiger partial charge in [-0.2, -0.15) is 13.2 Å². The highest BCUT2D eigenvalue weighted by Gasteiger charge is 2.30. The van der Waals surface area contributed by atoms with E-state index in [1.807, 2.05) is 0 Å². The van der Waals surface area contributed by atoms with Gasteiger partial charge < -0.3 is 10.2 Å². The molecule has 0 atom stereocenters. The Bertz CT molecular complexity index is 570. The zero-order valence-electron chi connectivity index (χ0n) is 9.74. The fourth-order valence-corrected chi connectivity index (χ4v) is 1.54. The van der Waals surface area contributed by atoms with Crippen molar-refractivity contribution in [1.29, 1.82) is 0 Å². The smallest absolute Gasteiger partial charge is 0.416 e. The molecule has 0 radical (unpaired) electrons. The van der Waals surface area contributed by atoms with E-state index in [4.69, 9.17) is 10.6 Å². The number of anilines is 1. The Morgan fingerprint density at radius 3 is 2.42 bits per heavy atom. The lowest BCUT2D eigenvalue weighted by molar-refractivity contribution is -0.137. The van der Waals surface area contributed by atoms with Crippen LogP contribution in [0.1, 0.15) is 5.56 Å². The van der Waals surface area contributed by atoms with Crippen LogP contribution in [0, 0.1) is 0 Å². The van der Waals surface area contributed by atoms with Gasteiger partial charge in [0.25, 0.3) is 0 Å². The summed E-state index contributed by atoms with van der Waals surface area (Å²) in [5.74, 6) is 5.74. The van der Waals surface area contributed by atoms with E-state index >= 15 is 0 Å². The number of benzene rings is 2. The summed E-state index contributed by atoms with van der Waals surface area (Å²) in [6.07, 6.45) is -4.40.